The number of nitrogens with two attached hydrogens (primary N) is 2. The van der Waals surface area contributed by atoms with E-state index in [0.29, 0.717) is 18.3 Å². The van der Waals surface area contributed by atoms with E-state index in [0.717, 1.165) is 33.7 Å². The van der Waals surface area contributed by atoms with Gasteiger partial charge in [0, 0.05) is 29.8 Å². The second kappa shape index (κ2) is 7.94. The molecule has 3 aromatic heterocycles. The Morgan fingerprint density at radius 2 is 2.00 bits per heavy atom. The number of hydrogen-bond acceptors (Lipinski definition) is 6. The number of nitrogens with one attached hydrogen (secondary N) is 1. The first-order valence-electron chi connectivity index (χ1n) is 9.25. The lowest BCUT2D eigenvalue weighted by Gasteiger charge is -2.13. The lowest BCUT2D eigenvalue weighted by Crippen LogP contribution is -2.21. The number of alkyl halides is 3. The maximum atomic E-state index is 10.6. The Labute approximate surface area is 169 Å². The fraction of sp³-hybridized carbons (Fsp3) is 0.444. The lowest BCUT2D eigenvalue weighted by molar-refractivity contribution is -0.192. The summed E-state index contributed by atoms with van der Waals surface area (Å²) in [7, 11) is 0. The Bertz CT molecular complexity index is 1070. The van der Waals surface area contributed by atoms with Crippen LogP contribution in [0.5, 0.6) is 0 Å². The number of nitrogen functional groups attached to an aromatic ring is 1. The minimum atomic E-state index is -5.08. The van der Waals surface area contributed by atoms with Crippen molar-refractivity contribution in [2.75, 3.05) is 5.73 Å². The molecule has 1 aliphatic carbocycles. The van der Waals surface area contributed by atoms with E-state index in [-0.39, 0.29) is 6.04 Å². The van der Waals surface area contributed by atoms with Crippen molar-refractivity contribution < 1.29 is 23.1 Å². The molecular formula is C18H22F3N7O2. The van der Waals surface area contributed by atoms with Gasteiger partial charge in [0.1, 0.15) is 17.8 Å². The third-order valence-corrected chi connectivity index (χ3v) is 4.73. The zero-order valence-corrected chi connectivity index (χ0v) is 16.4. The van der Waals surface area contributed by atoms with Gasteiger partial charge < -0.3 is 21.1 Å². The van der Waals surface area contributed by atoms with Gasteiger partial charge in [0.15, 0.2) is 0 Å². The standard InChI is InChI=1S/C16H21N7.C2HF3O2/c1-8(2)23-12(6-17)13(14-15(18)19-7-20-16(14)23)11-5-10(21-22-11)9-3-4-9;3-2(4,5)1(6)7/h5,7-9H,3-4,6,17H2,1-2H3,(H,21,22)(H2,18,19,20);(H,6,7). The van der Waals surface area contributed by atoms with Crippen molar-refractivity contribution in [1.29, 1.82) is 0 Å². The molecule has 12 heteroatoms. The number of H-pyrrole nitrogens is 1. The molecule has 0 amide bonds. The minimum Gasteiger partial charge on any atom is -0.475 e. The molecular weight excluding hydrogens is 403 g/mol. The molecule has 3 aromatic rings. The Morgan fingerprint density at radius 1 is 1.37 bits per heavy atom. The van der Waals surface area contributed by atoms with Crippen molar-refractivity contribution in [3.05, 3.63) is 23.8 Å². The fourth-order valence-electron chi connectivity index (χ4n) is 3.30. The van der Waals surface area contributed by atoms with Gasteiger partial charge in [-0.3, -0.25) is 5.10 Å². The number of rotatable bonds is 4. The summed E-state index contributed by atoms with van der Waals surface area (Å²) in [5, 5.41) is 15.6. The molecule has 162 valence electrons. The lowest BCUT2D eigenvalue weighted by atomic mass is 10.1. The molecule has 0 unspecified atom stereocenters. The number of hydrogen-bond donors (Lipinski definition) is 4. The molecule has 0 spiro atoms. The Morgan fingerprint density at radius 3 is 2.50 bits per heavy atom. The number of carboxylic acids is 1. The molecule has 6 N–H and O–H groups in total. The predicted octanol–water partition coefficient (Wildman–Crippen LogP) is 2.95. The van der Waals surface area contributed by atoms with Crippen LogP contribution >= 0.6 is 0 Å². The first-order valence-corrected chi connectivity index (χ1v) is 9.25. The van der Waals surface area contributed by atoms with Crippen LogP contribution in [0.15, 0.2) is 12.4 Å². The van der Waals surface area contributed by atoms with Crippen LogP contribution in [-0.4, -0.2) is 42.0 Å². The molecule has 0 aliphatic heterocycles. The second-order valence-corrected chi connectivity index (χ2v) is 7.23. The minimum absolute atomic E-state index is 0.227. The first-order chi connectivity index (χ1) is 14.1. The topological polar surface area (TPSA) is 149 Å². The van der Waals surface area contributed by atoms with Crippen LogP contribution in [-0.2, 0) is 11.3 Å². The monoisotopic (exact) mass is 425 g/mol. The Kier molecular flexibility index (Phi) is 5.70. The number of aromatic nitrogens is 5. The third-order valence-electron chi connectivity index (χ3n) is 4.73. The van der Waals surface area contributed by atoms with E-state index >= 15 is 0 Å². The van der Waals surface area contributed by atoms with Crippen LogP contribution in [0.25, 0.3) is 22.3 Å². The average Bonchev–Trinajstić information content (AvgIpc) is 3.28. The number of fused-ring (bicyclic) bond motifs is 1. The number of anilines is 1. The van der Waals surface area contributed by atoms with Gasteiger partial charge in [-0.1, -0.05) is 0 Å². The van der Waals surface area contributed by atoms with Gasteiger partial charge in [-0.2, -0.15) is 18.3 Å². The van der Waals surface area contributed by atoms with E-state index in [1.807, 2.05) is 0 Å². The van der Waals surface area contributed by atoms with Crippen molar-refractivity contribution >= 4 is 22.8 Å². The summed E-state index contributed by atoms with van der Waals surface area (Å²) in [4.78, 5) is 17.5. The summed E-state index contributed by atoms with van der Waals surface area (Å²) >= 11 is 0. The van der Waals surface area contributed by atoms with E-state index in [4.69, 9.17) is 21.4 Å². The summed E-state index contributed by atoms with van der Waals surface area (Å²) in [5.41, 5.74) is 17.1. The zero-order chi connectivity index (χ0) is 22.2. The highest BCUT2D eigenvalue weighted by Crippen LogP contribution is 2.42. The van der Waals surface area contributed by atoms with E-state index < -0.39 is 12.1 Å². The van der Waals surface area contributed by atoms with Gasteiger partial charge in [-0.05, 0) is 32.8 Å². The molecule has 0 atom stereocenters. The molecule has 1 saturated carbocycles. The number of aromatic amines is 1. The fourth-order valence-corrected chi connectivity index (χ4v) is 3.30. The maximum absolute atomic E-state index is 10.6. The zero-order valence-electron chi connectivity index (χ0n) is 16.4. The predicted molar refractivity (Wildman–Crippen MR) is 103 cm³/mol. The number of carbonyl (C=O) groups is 1. The number of nitrogens with zero attached hydrogens (tertiary/aromatic N) is 4. The number of aliphatic carboxylic acids is 1. The van der Waals surface area contributed by atoms with Gasteiger partial charge in [-0.25, -0.2) is 14.8 Å². The molecule has 1 fully saturated rings. The Hall–Kier alpha value is -3.15. The van der Waals surface area contributed by atoms with Crippen LogP contribution in [0.1, 0.15) is 50.0 Å². The van der Waals surface area contributed by atoms with Gasteiger partial charge in [0.05, 0.1) is 16.8 Å². The van der Waals surface area contributed by atoms with Crippen LogP contribution in [0.3, 0.4) is 0 Å². The summed E-state index contributed by atoms with van der Waals surface area (Å²) in [6.45, 7) is 4.63. The van der Waals surface area contributed by atoms with Crippen LogP contribution < -0.4 is 11.5 Å². The first kappa shape index (κ1) is 21.6. The van der Waals surface area contributed by atoms with Crippen molar-refractivity contribution in [3.63, 3.8) is 0 Å². The van der Waals surface area contributed by atoms with E-state index in [2.05, 4.69) is 44.6 Å². The second-order valence-electron chi connectivity index (χ2n) is 7.23. The number of halogens is 3. The SMILES string of the molecule is CC(C)n1c(CN)c(-c2cc(C3CC3)n[nH]2)c2c(N)ncnc21.O=C(O)C(F)(F)F. The van der Waals surface area contributed by atoms with Gasteiger partial charge >= 0.3 is 12.1 Å². The highest BCUT2D eigenvalue weighted by Gasteiger charge is 2.38. The molecule has 9 nitrogen and oxygen atoms in total. The van der Waals surface area contributed by atoms with Crippen molar-refractivity contribution in [1.82, 2.24) is 24.7 Å². The number of carboxylic acid groups (broad SMARTS) is 1. The van der Waals surface area contributed by atoms with E-state index in [1.165, 1.54) is 19.2 Å². The molecule has 0 saturated heterocycles. The summed E-state index contributed by atoms with van der Waals surface area (Å²) < 4.78 is 33.9. The largest absolute Gasteiger partial charge is 0.490 e. The summed E-state index contributed by atoms with van der Waals surface area (Å²) in [5.74, 6) is -1.69. The van der Waals surface area contributed by atoms with Gasteiger partial charge in [0.2, 0.25) is 0 Å². The molecule has 0 bridgehead atoms. The van der Waals surface area contributed by atoms with E-state index in [9.17, 15) is 13.2 Å². The third kappa shape index (κ3) is 4.08. The van der Waals surface area contributed by atoms with Crippen LogP contribution in [0, 0.1) is 0 Å². The summed E-state index contributed by atoms with van der Waals surface area (Å²) in [6, 6.07) is 2.34. The quantitative estimate of drug-likeness (QED) is 0.502. The Balaban J connectivity index is 0.000000318. The normalized spacial score (nSPS) is 14.1. The van der Waals surface area contributed by atoms with Crippen LogP contribution in [0.4, 0.5) is 19.0 Å². The average molecular weight is 425 g/mol. The highest BCUT2D eigenvalue weighted by atomic mass is 19.4. The van der Waals surface area contributed by atoms with Crippen molar-refractivity contribution in [2.24, 2.45) is 5.73 Å². The molecule has 3 heterocycles. The van der Waals surface area contributed by atoms with Gasteiger partial charge in [-0.15, -0.1) is 0 Å². The van der Waals surface area contributed by atoms with E-state index in [1.54, 1.807) is 0 Å². The van der Waals surface area contributed by atoms with Gasteiger partial charge in [0.25, 0.3) is 0 Å². The molecule has 0 aromatic carbocycles. The van der Waals surface area contributed by atoms with Crippen molar-refractivity contribution in [2.45, 2.75) is 51.4 Å². The molecule has 1 aliphatic rings. The molecule has 0 radical (unpaired) electrons. The molecule has 4 rings (SSSR count). The van der Waals surface area contributed by atoms with Crippen LogP contribution in [0.2, 0.25) is 0 Å². The highest BCUT2D eigenvalue weighted by molar-refractivity contribution is 6.01. The summed E-state index contributed by atoms with van der Waals surface area (Å²) in [6.07, 6.45) is -1.15. The smallest absolute Gasteiger partial charge is 0.475 e. The maximum Gasteiger partial charge on any atom is 0.490 e. The molecule has 30 heavy (non-hydrogen) atoms. The van der Waals surface area contributed by atoms with Crippen molar-refractivity contribution in [3.8, 4) is 11.3 Å².